The van der Waals surface area contributed by atoms with Crippen LogP contribution in [-0.2, 0) is 17.6 Å². The highest BCUT2D eigenvalue weighted by Gasteiger charge is 2.26. The van der Waals surface area contributed by atoms with Crippen molar-refractivity contribution in [2.75, 3.05) is 75.4 Å². The molecule has 0 unspecified atom stereocenters. The highest BCUT2D eigenvalue weighted by Crippen LogP contribution is 2.30. The summed E-state index contributed by atoms with van der Waals surface area (Å²) in [4.78, 5) is 18.7. The Morgan fingerprint density at radius 1 is 0.769 bits per heavy atom. The fourth-order valence-corrected chi connectivity index (χ4v) is 5.48. The average molecular weight is 537 g/mol. The smallest absolute Gasteiger partial charge is 0.410 e. The zero-order valence-electron chi connectivity index (χ0n) is 23.8. The van der Waals surface area contributed by atoms with Gasteiger partial charge in [-0.05, 0) is 94.0 Å². The molecule has 0 aromatic heterocycles. The van der Waals surface area contributed by atoms with Gasteiger partial charge in [0.2, 0.25) is 0 Å². The quantitative estimate of drug-likeness (QED) is 0.607. The molecule has 6 rings (SSSR count). The van der Waals surface area contributed by atoms with E-state index < -0.39 is 5.60 Å². The van der Waals surface area contributed by atoms with Gasteiger partial charge in [0.1, 0.15) is 17.1 Å². The number of piperazine rings is 2. The Kier molecular flexibility index (Phi) is 8.70. The maximum atomic E-state index is 12.1. The molecule has 4 aliphatic heterocycles. The van der Waals surface area contributed by atoms with Crippen molar-refractivity contribution in [3.63, 3.8) is 0 Å². The highest BCUT2D eigenvalue weighted by atomic mass is 16.6. The summed E-state index contributed by atoms with van der Waals surface area (Å²) in [6, 6.07) is 13.1. The second-order valence-electron chi connectivity index (χ2n) is 11.7. The van der Waals surface area contributed by atoms with Gasteiger partial charge in [-0.25, -0.2) is 4.79 Å². The summed E-state index contributed by atoms with van der Waals surface area (Å²) in [7, 11) is 0. The van der Waals surface area contributed by atoms with Crippen LogP contribution in [0.15, 0.2) is 36.4 Å². The first kappa shape index (κ1) is 27.4. The van der Waals surface area contributed by atoms with E-state index in [4.69, 9.17) is 14.2 Å². The normalized spacial score (nSPS) is 19.0. The second-order valence-corrected chi connectivity index (χ2v) is 11.7. The number of benzene rings is 2. The van der Waals surface area contributed by atoms with Crippen LogP contribution in [0.3, 0.4) is 0 Å². The Bertz CT molecular complexity index is 1120. The maximum absolute atomic E-state index is 12.1. The minimum absolute atomic E-state index is 0.212. The number of fused-ring (bicyclic) bond motifs is 2. The van der Waals surface area contributed by atoms with Crippen LogP contribution in [0.25, 0.3) is 0 Å². The number of amides is 1. The van der Waals surface area contributed by atoms with E-state index in [0.717, 1.165) is 89.7 Å². The van der Waals surface area contributed by atoms with E-state index in [1.165, 1.54) is 22.5 Å². The van der Waals surface area contributed by atoms with E-state index >= 15 is 0 Å². The van der Waals surface area contributed by atoms with Crippen LogP contribution in [0, 0.1) is 0 Å². The van der Waals surface area contributed by atoms with Crippen molar-refractivity contribution in [3.05, 3.63) is 47.5 Å². The molecule has 2 aromatic carbocycles. The van der Waals surface area contributed by atoms with Gasteiger partial charge in [0.15, 0.2) is 0 Å². The van der Waals surface area contributed by atoms with Gasteiger partial charge in [-0.15, -0.1) is 0 Å². The molecular weight excluding hydrogens is 492 g/mol. The first-order chi connectivity index (χ1) is 18.9. The molecule has 4 aliphatic rings. The zero-order chi connectivity index (χ0) is 27.2. The van der Waals surface area contributed by atoms with Crippen molar-refractivity contribution < 1.29 is 19.0 Å². The number of ether oxygens (including phenoxy) is 3. The van der Waals surface area contributed by atoms with Crippen LogP contribution in [0.1, 0.15) is 44.7 Å². The molecule has 39 heavy (non-hydrogen) atoms. The van der Waals surface area contributed by atoms with Crippen molar-refractivity contribution in [1.82, 2.24) is 10.2 Å². The van der Waals surface area contributed by atoms with Gasteiger partial charge in [-0.3, -0.25) is 0 Å². The minimum Gasteiger partial charge on any atom is -0.493 e. The average Bonchev–Trinajstić information content (AvgIpc) is 2.97. The molecule has 2 aromatic rings. The van der Waals surface area contributed by atoms with Crippen LogP contribution < -0.4 is 24.6 Å². The van der Waals surface area contributed by atoms with Gasteiger partial charge in [-0.1, -0.05) is 0 Å². The van der Waals surface area contributed by atoms with Crippen LogP contribution >= 0.6 is 0 Å². The first-order valence-corrected chi connectivity index (χ1v) is 14.6. The van der Waals surface area contributed by atoms with Crippen LogP contribution in [0.4, 0.5) is 16.2 Å². The SMILES string of the molecule is CC(C)(C)OC(=O)N1CCN(c2ccc3c(c2)CCCO3)CC1.c1cc2c(cc1N1CCNCC1)CCCO2. The molecule has 4 heterocycles. The van der Waals surface area contributed by atoms with E-state index in [1.54, 1.807) is 4.90 Å². The van der Waals surface area contributed by atoms with E-state index in [-0.39, 0.29) is 6.09 Å². The Morgan fingerprint density at radius 3 is 1.79 bits per heavy atom. The third kappa shape index (κ3) is 7.29. The molecular formula is C31H44N4O4. The zero-order valence-corrected chi connectivity index (χ0v) is 23.8. The van der Waals surface area contributed by atoms with E-state index in [1.807, 2.05) is 20.8 Å². The summed E-state index contributed by atoms with van der Waals surface area (Å²) in [5, 5.41) is 3.38. The molecule has 212 valence electrons. The molecule has 0 bridgehead atoms. The Morgan fingerprint density at radius 2 is 1.28 bits per heavy atom. The molecule has 0 atom stereocenters. The lowest BCUT2D eigenvalue weighted by atomic mass is 10.1. The summed E-state index contributed by atoms with van der Waals surface area (Å²) in [6.45, 7) is 14.9. The number of carbonyl (C=O) groups excluding carboxylic acids is 1. The summed E-state index contributed by atoms with van der Waals surface area (Å²) in [5.74, 6) is 2.11. The van der Waals surface area contributed by atoms with E-state index in [2.05, 4.69) is 51.5 Å². The Labute approximate surface area is 233 Å². The number of nitrogens with one attached hydrogen (secondary N) is 1. The molecule has 0 radical (unpaired) electrons. The third-order valence-electron chi connectivity index (χ3n) is 7.56. The van der Waals surface area contributed by atoms with Crippen LogP contribution in [0.5, 0.6) is 11.5 Å². The largest absolute Gasteiger partial charge is 0.493 e. The fourth-order valence-electron chi connectivity index (χ4n) is 5.48. The van der Waals surface area contributed by atoms with Gasteiger partial charge in [0.25, 0.3) is 0 Å². The van der Waals surface area contributed by atoms with Crippen LogP contribution in [-0.4, -0.2) is 82.2 Å². The molecule has 0 aliphatic carbocycles. The summed E-state index contributed by atoms with van der Waals surface area (Å²) in [6.07, 6.45) is 4.27. The molecule has 1 N–H and O–H groups in total. The molecule has 8 heteroatoms. The molecule has 0 spiro atoms. The van der Waals surface area contributed by atoms with Crippen molar-refractivity contribution >= 4 is 17.5 Å². The van der Waals surface area contributed by atoms with E-state index in [0.29, 0.717) is 13.1 Å². The van der Waals surface area contributed by atoms with Gasteiger partial charge in [0, 0.05) is 63.7 Å². The van der Waals surface area contributed by atoms with Gasteiger partial charge in [-0.2, -0.15) is 0 Å². The van der Waals surface area contributed by atoms with Crippen molar-refractivity contribution in [3.8, 4) is 11.5 Å². The minimum atomic E-state index is -0.438. The topological polar surface area (TPSA) is 66.5 Å². The number of nitrogens with zero attached hydrogens (tertiary/aromatic N) is 3. The lowest BCUT2D eigenvalue weighted by Gasteiger charge is -2.37. The predicted molar refractivity (Wildman–Crippen MR) is 156 cm³/mol. The molecule has 8 nitrogen and oxygen atoms in total. The van der Waals surface area contributed by atoms with Gasteiger partial charge < -0.3 is 34.2 Å². The Hall–Kier alpha value is -3.13. The first-order valence-electron chi connectivity index (χ1n) is 14.6. The van der Waals surface area contributed by atoms with Crippen molar-refractivity contribution in [1.29, 1.82) is 0 Å². The number of aryl methyl sites for hydroxylation is 2. The fraction of sp³-hybridized carbons (Fsp3) is 0.581. The highest BCUT2D eigenvalue weighted by molar-refractivity contribution is 5.68. The lowest BCUT2D eigenvalue weighted by Crippen LogP contribution is -2.50. The van der Waals surface area contributed by atoms with Crippen molar-refractivity contribution in [2.24, 2.45) is 0 Å². The third-order valence-corrected chi connectivity index (χ3v) is 7.56. The summed E-state index contributed by atoms with van der Waals surface area (Å²) in [5.41, 5.74) is 4.81. The predicted octanol–water partition coefficient (Wildman–Crippen LogP) is 4.49. The Balaban J connectivity index is 0.000000168. The lowest BCUT2D eigenvalue weighted by molar-refractivity contribution is 0.0240. The maximum Gasteiger partial charge on any atom is 0.410 e. The van der Waals surface area contributed by atoms with E-state index in [9.17, 15) is 4.79 Å². The van der Waals surface area contributed by atoms with Gasteiger partial charge in [0.05, 0.1) is 13.2 Å². The molecule has 1 amide bonds. The standard InChI is InChI=1S/C18H26N2O3.C13H18N2O/c1-18(2,3)23-17(21)20-10-8-19(9-11-20)15-6-7-16-14(13-15)5-4-12-22-16;1-2-11-10-12(3-4-13(11)16-9-1)15-7-5-14-6-8-15/h6-7,13H,4-5,8-12H2,1-3H3;3-4,10,14H,1-2,5-9H2. The number of hydrogen-bond acceptors (Lipinski definition) is 7. The number of anilines is 2. The summed E-state index contributed by atoms with van der Waals surface area (Å²) >= 11 is 0. The summed E-state index contributed by atoms with van der Waals surface area (Å²) < 4.78 is 16.8. The van der Waals surface area contributed by atoms with Crippen LogP contribution in [0.2, 0.25) is 0 Å². The molecule has 0 saturated carbocycles. The number of carbonyl (C=O) groups is 1. The number of hydrogen-bond donors (Lipinski definition) is 1. The van der Waals surface area contributed by atoms with Gasteiger partial charge >= 0.3 is 6.09 Å². The molecule has 2 fully saturated rings. The molecule has 2 saturated heterocycles. The second kappa shape index (κ2) is 12.4. The number of rotatable bonds is 2. The van der Waals surface area contributed by atoms with Crippen molar-refractivity contribution in [2.45, 2.75) is 52.1 Å². The monoisotopic (exact) mass is 536 g/mol.